The van der Waals surface area contributed by atoms with Crippen molar-refractivity contribution in [3.8, 4) is 0 Å². The zero-order chi connectivity index (χ0) is 9.99. The molecule has 0 saturated heterocycles. The largest absolute Gasteiger partial charge is 0.413 e. The summed E-state index contributed by atoms with van der Waals surface area (Å²) in [4.78, 5) is 0. The van der Waals surface area contributed by atoms with Crippen LogP contribution in [0.2, 0.25) is 0 Å². The molecule has 2 N–H and O–H groups in total. The van der Waals surface area contributed by atoms with Gasteiger partial charge in [0.1, 0.15) is 0 Å². The van der Waals surface area contributed by atoms with Crippen LogP contribution in [0.5, 0.6) is 0 Å². The highest BCUT2D eigenvalue weighted by molar-refractivity contribution is 8.77. The van der Waals surface area contributed by atoms with Crippen molar-refractivity contribution in [1.82, 2.24) is 0 Å². The summed E-state index contributed by atoms with van der Waals surface area (Å²) in [7, 11) is 1.80. The van der Waals surface area contributed by atoms with E-state index in [1.807, 2.05) is 20.8 Å². The molecule has 0 aliphatic rings. The normalized spacial score (nSPS) is 16.2. The molecule has 1 unspecified atom stereocenters. The Kier molecular flexibility index (Phi) is 4.26. The molecule has 12 heavy (non-hydrogen) atoms. The van der Waals surface area contributed by atoms with Crippen molar-refractivity contribution in [3.05, 3.63) is 0 Å². The standard InChI is InChI=1S/C6H12F3NS2/c1-5(2,3)12-11-4(10)6(7,8)9/h4H,10H2,1-3H3. The average molecular weight is 219 g/mol. The van der Waals surface area contributed by atoms with Gasteiger partial charge in [0.05, 0.1) is 0 Å². The fourth-order valence-corrected chi connectivity index (χ4v) is 2.26. The Hall–Kier alpha value is 0.450. The van der Waals surface area contributed by atoms with Crippen molar-refractivity contribution < 1.29 is 13.2 Å². The third-order valence-corrected chi connectivity index (χ3v) is 4.21. The van der Waals surface area contributed by atoms with E-state index in [4.69, 9.17) is 5.73 Å². The molecule has 0 heterocycles. The van der Waals surface area contributed by atoms with Crippen molar-refractivity contribution in [2.45, 2.75) is 37.1 Å². The SMILES string of the molecule is CC(C)(C)SSC(N)C(F)(F)F. The Balaban J connectivity index is 3.80. The van der Waals surface area contributed by atoms with E-state index in [0.717, 1.165) is 10.8 Å². The second kappa shape index (κ2) is 4.11. The fourth-order valence-electron chi connectivity index (χ4n) is 0.251. The van der Waals surface area contributed by atoms with Crippen molar-refractivity contribution in [2.24, 2.45) is 5.73 Å². The van der Waals surface area contributed by atoms with E-state index in [1.165, 1.54) is 0 Å². The maximum atomic E-state index is 11.9. The highest BCUT2D eigenvalue weighted by Crippen LogP contribution is 2.41. The smallest absolute Gasteiger partial charge is 0.311 e. The number of halogens is 3. The summed E-state index contributed by atoms with van der Waals surface area (Å²) >= 11 is 0. The molecule has 0 spiro atoms. The van der Waals surface area contributed by atoms with Gasteiger partial charge in [0.2, 0.25) is 0 Å². The quantitative estimate of drug-likeness (QED) is 0.571. The molecule has 0 aromatic heterocycles. The first-order valence-electron chi connectivity index (χ1n) is 3.30. The number of rotatable bonds is 2. The Morgan fingerprint density at radius 3 is 1.83 bits per heavy atom. The molecule has 0 aromatic carbocycles. The molecular formula is C6H12F3NS2. The number of hydrogen-bond donors (Lipinski definition) is 1. The number of nitrogens with two attached hydrogens (primary N) is 1. The molecule has 0 amide bonds. The van der Waals surface area contributed by atoms with Crippen LogP contribution >= 0.6 is 21.6 Å². The van der Waals surface area contributed by atoms with Gasteiger partial charge >= 0.3 is 6.18 Å². The molecule has 0 aliphatic heterocycles. The molecule has 6 heteroatoms. The maximum Gasteiger partial charge on any atom is 0.413 e. The number of alkyl halides is 3. The molecule has 0 radical (unpaired) electrons. The predicted molar refractivity (Wildman–Crippen MR) is 49.0 cm³/mol. The van der Waals surface area contributed by atoms with E-state index < -0.39 is 11.6 Å². The van der Waals surface area contributed by atoms with Gasteiger partial charge in [-0.3, -0.25) is 0 Å². The van der Waals surface area contributed by atoms with Crippen molar-refractivity contribution >= 4 is 21.6 Å². The molecule has 1 atom stereocenters. The molecule has 0 bridgehead atoms. The van der Waals surface area contributed by atoms with Crippen LogP contribution in [0.3, 0.4) is 0 Å². The average Bonchev–Trinajstić information content (AvgIpc) is 1.78. The van der Waals surface area contributed by atoms with E-state index in [-0.39, 0.29) is 4.75 Å². The summed E-state index contributed by atoms with van der Waals surface area (Å²) in [5.41, 5.74) is 4.88. The molecule has 0 rings (SSSR count). The van der Waals surface area contributed by atoms with E-state index in [9.17, 15) is 13.2 Å². The molecule has 0 aliphatic carbocycles. The lowest BCUT2D eigenvalue weighted by atomic mass is 10.3. The minimum absolute atomic E-state index is 0.201. The zero-order valence-electron chi connectivity index (χ0n) is 7.11. The third-order valence-electron chi connectivity index (χ3n) is 0.724. The highest BCUT2D eigenvalue weighted by Gasteiger charge is 2.38. The summed E-state index contributed by atoms with van der Waals surface area (Å²) < 4.78 is 35.4. The van der Waals surface area contributed by atoms with Gasteiger partial charge < -0.3 is 5.73 Å². The molecule has 74 valence electrons. The van der Waals surface area contributed by atoms with Crippen molar-refractivity contribution in [1.29, 1.82) is 0 Å². The van der Waals surface area contributed by atoms with Crippen LogP contribution in [-0.4, -0.2) is 16.3 Å². The molecular weight excluding hydrogens is 207 g/mol. The van der Waals surface area contributed by atoms with Gasteiger partial charge in [-0.25, -0.2) is 0 Å². The van der Waals surface area contributed by atoms with Gasteiger partial charge in [-0.15, -0.1) is 0 Å². The van der Waals surface area contributed by atoms with Crippen LogP contribution in [0.25, 0.3) is 0 Å². The van der Waals surface area contributed by atoms with Gasteiger partial charge in [0, 0.05) is 4.75 Å². The Labute approximate surface area is 78.0 Å². The summed E-state index contributed by atoms with van der Waals surface area (Å²) in [5, 5.41) is -1.79. The monoisotopic (exact) mass is 219 g/mol. The van der Waals surface area contributed by atoms with Crippen LogP contribution in [0, 0.1) is 0 Å². The van der Waals surface area contributed by atoms with Crippen LogP contribution in [0.1, 0.15) is 20.8 Å². The zero-order valence-corrected chi connectivity index (χ0v) is 8.74. The third kappa shape index (κ3) is 6.02. The number of hydrogen-bond acceptors (Lipinski definition) is 3. The highest BCUT2D eigenvalue weighted by atomic mass is 33.1. The first-order chi connectivity index (χ1) is 5.13. The molecule has 0 fully saturated rings. The molecule has 0 saturated carbocycles. The first-order valence-corrected chi connectivity index (χ1v) is 5.51. The minimum Gasteiger partial charge on any atom is -0.311 e. The van der Waals surface area contributed by atoms with Crippen LogP contribution in [0.4, 0.5) is 13.2 Å². The summed E-state index contributed by atoms with van der Waals surface area (Å²) in [6.07, 6.45) is -4.30. The van der Waals surface area contributed by atoms with Gasteiger partial charge in [0.25, 0.3) is 0 Å². The topological polar surface area (TPSA) is 26.0 Å². The van der Waals surface area contributed by atoms with Gasteiger partial charge in [-0.05, 0) is 0 Å². The lowest BCUT2D eigenvalue weighted by Crippen LogP contribution is -2.33. The summed E-state index contributed by atoms with van der Waals surface area (Å²) in [6, 6.07) is 0. The Morgan fingerprint density at radius 2 is 1.58 bits per heavy atom. The summed E-state index contributed by atoms with van der Waals surface area (Å²) in [6.45, 7) is 5.52. The molecule has 1 nitrogen and oxygen atoms in total. The lowest BCUT2D eigenvalue weighted by molar-refractivity contribution is -0.127. The fraction of sp³-hybridized carbons (Fsp3) is 1.00. The second-order valence-electron chi connectivity index (χ2n) is 3.25. The van der Waals surface area contributed by atoms with E-state index >= 15 is 0 Å². The van der Waals surface area contributed by atoms with Crippen LogP contribution < -0.4 is 5.73 Å². The van der Waals surface area contributed by atoms with E-state index in [2.05, 4.69) is 0 Å². The Morgan fingerprint density at radius 1 is 1.17 bits per heavy atom. The van der Waals surface area contributed by atoms with Crippen LogP contribution in [0.15, 0.2) is 0 Å². The van der Waals surface area contributed by atoms with E-state index in [1.54, 1.807) is 0 Å². The van der Waals surface area contributed by atoms with Crippen molar-refractivity contribution in [3.63, 3.8) is 0 Å². The Bertz CT molecular complexity index is 141. The second-order valence-corrected chi connectivity index (χ2v) is 6.42. The van der Waals surface area contributed by atoms with Gasteiger partial charge in [-0.2, -0.15) is 13.2 Å². The van der Waals surface area contributed by atoms with E-state index in [0.29, 0.717) is 10.8 Å². The lowest BCUT2D eigenvalue weighted by Gasteiger charge is -2.20. The van der Waals surface area contributed by atoms with Crippen molar-refractivity contribution in [2.75, 3.05) is 0 Å². The minimum atomic E-state index is -4.30. The summed E-state index contributed by atoms with van der Waals surface area (Å²) in [5.74, 6) is 0. The van der Waals surface area contributed by atoms with Gasteiger partial charge in [-0.1, -0.05) is 42.4 Å². The predicted octanol–water partition coefficient (Wildman–Crippen LogP) is 3.01. The maximum absolute atomic E-state index is 11.9. The molecule has 0 aromatic rings. The van der Waals surface area contributed by atoms with Gasteiger partial charge in [0.15, 0.2) is 5.37 Å². The first kappa shape index (κ1) is 12.4. The van der Waals surface area contributed by atoms with Crippen LogP contribution in [-0.2, 0) is 0 Å².